The lowest BCUT2D eigenvalue weighted by Crippen LogP contribution is -2.43. The van der Waals surface area contributed by atoms with Crippen LogP contribution < -0.4 is 0 Å². The molecule has 1 saturated heterocycles. The second-order valence-electron chi connectivity index (χ2n) is 7.13. The largest absolute Gasteiger partial charge is 0.481 e. The fourth-order valence-electron chi connectivity index (χ4n) is 3.19. The van der Waals surface area contributed by atoms with E-state index in [1.165, 1.54) is 12.8 Å². The van der Waals surface area contributed by atoms with Gasteiger partial charge in [-0.3, -0.25) is 9.59 Å². The number of aliphatic hydroxyl groups excluding tert-OH is 1. The summed E-state index contributed by atoms with van der Waals surface area (Å²) in [5.74, 6) is 1.92. The highest BCUT2D eigenvalue weighted by atomic mass is 32.2. The number of carbonyl (C=O) groups excluding carboxylic acids is 1. The first-order valence-corrected chi connectivity index (χ1v) is 10.7. The molecule has 0 radical (unpaired) electrons. The number of nitrogens with zero attached hydrogens (tertiary/aromatic N) is 1. The van der Waals surface area contributed by atoms with Crippen molar-refractivity contribution in [2.45, 2.75) is 69.9 Å². The predicted octanol–water partition coefficient (Wildman–Crippen LogP) is 3.07. The third kappa shape index (κ3) is 8.27. The van der Waals surface area contributed by atoms with Crippen LogP contribution in [0.15, 0.2) is 12.2 Å². The normalized spacial score (nSPS) is 22.5. The van der Waals surface area contributed by atoms with Crippen molar-refractivity contribution < 1.29 is 19.8 Å². The lowest BCUT2D eigenvalue weighted by Gasteiger charge is -2.34. The number of hydrogen-bond donors (Lipinski definition) is 2. The van der Waals surface area contributed by atoms with Gasteiger partial charge in [0.15, 0.2) is 0 Å². The quantitative estimate of drug-likeness (QED) is 0.408. The molecule has 0 aromatic rings. The van der Waals surface area contributed by atoms with Crippen molar-refractivity contribution in [1.82, 2.24) is 4.90 Å². The molecule has 0 bridgehead atoms. The molecule has 6 heteroatoms. The van der Waals surface area contributed by atoms with Gasteiger partial charge in [-0.1, -0.05) is 25.0 Å². The molecule has 1 amide bonds. The zero-order chi connectivity index (χ0) is 18.1. The molecule has 25 heavy (non-hydrogen) atoms. The summed E-state index contributed by atoms with van der Waals surface area (Å²) in [6.07, 6.45) is 11.4. The Labute approximate surface area is 154 Å². The van der Waals surface area contributed by atoms with Crippen LogP contribution in [0, 0.1) is 5.92 Å². The van der Waals surface area contributed by atoms with Gasteiger partial charge in [0.05, 0.1) is 12.1 Å². The molecule has 0 aromatic heterocycles. The monoisotopic (exact) mass is 369 g/mol. The Morgan fingerprint density at radius 3 is 2.84 bits per heavy atom. The van der Waals surface area contributed by atoms with E-state index < -0.39 is 12.1 Å². The summed E-state index contributed by atoms with van der Waals surface area (Å²) in [6.45, 7) is 0.698. The summed E-state index contributed by atoms with van der Waals surface area (Å²) in [5.41, 5.74) is 0. The average molecular weight is 370 g/mol. The smallest absolute Gasteiger partial charge is 0.303 e. The molecule has 2 fully saturated rings. The van der Waals surface area contributed by atoms with Crippen LogP contribution in [-0.2, 0) is 9.59 Å². The molecule has 0 spiro atoms. The molecule has 1 saturated carbocycles. The van der Waals surface area contributed by atoms with Crippen molar-refractivity contribution in [2.75, 3.05) is 18.1 Å². The summed E-state index contributed by atoms with van der Waals surface area (Å²) in [5, 5.41) is 18.7. The number of rotatable bonds is 12. The van der Waals surface area contributed by atoms with Gasteiger partial charge in [-0.15, -0.1) is 0 Å². The third-order valence-corrected chi connectivity index (χ3v) is 5.94. The van der Waals surface area contributed by atoms with Crippen LogP contribution in [0.1, 0.15) is 57.8 Å². The van der Waals surface area contributed by atoms with Gasteiger partial charge in [-0.05, 0) is 43.8 Å². The van der Waals surface area contributed by atoms with Crippen LogP contribution in [0.5, 0.6) is 0 Å². The molecular weight excluding hydrogens is 338 g/mol. The second kappa shape index (κ2) is 10.9. The number of likely N-dealkylation sites (tertiary alicyclic amines) is 1. The Morgan fingerprint density at radius 2 is 2.12 bits per heavy atom. The molecule has 0 aromatic carbocycles. The fraction of sp³-hybridized carbons (Fsp3) is 0.789. The number of hydrogen-bond acceptors (Lipinski definition) is 4. The summed E-state index contributed by atoms with van der Waals surface area (Å²) in [4.78, 5) is 24.6. The number of carboxylic acids is 1. The highest BCUT2D eigenvalue weighted by Gasteiger charge is 2.26. The van der Waals surface area contributed by atoms with Gasteiger partial charge >= 0.3 is 5.97 Å². The van der Waals surface area contributed by atoms with Gasteiger partial charge in [0.25, 0.3) is 0 Å². The van der Waals surface area contributed by atoms with Crippen LogP contribution in [0.4, 0.5) is 0 Å². The molecule has 1 aliphatic heterocycles. The molecule has 1 aliphatic carbocycles. The molecule has 2 rings (SSSR count). The summed E-state index contributed by atoms with van der Waals surface area (Å²) in [7, 11) is 0. The maximum atomic E-state index is 12.2. The lowest BCUT2D eigenvalue weighted by atomic mass is 10.00. The first-order valence-electron chi connectivity index (χ1n) is 9.51. The number of aliphatic hydroxyl groups is 1. The SMILES string of the molecule is O=C(O)CCCSCCN1C(=O)CCC[C@@H]1/C=C/[C@@H](O)CCC1CC1. The summed E-state index contributed by atoms with van der Waals surface area (Å²) >= 11 is 1.70. The Balaban J connectivity index is 1.70. The first-order chi connectivity index (χ1) is 12.1. The second-order valence-corrected chi connectivity index (χ2v) is 8.35. The molecule has 2 aliphatic rings. The van der Waals surface area contributed by atoms with E-state index in [9.17, 15) is 14.7 Å². The van der Waals surface area contributed by atoms with Gasteiger partial charge in [0.1, 0.15) is 0 Å². The highest BCUT2D eigenvalue weighted by Crippen LogP contribution is 2.34. The Morgan fingerprint density at radius 1 is 1.32 bits per heavy atom. The average Bonchev–Trinajstić information content (AvgIpc) is 3.39. The molecule has 2 atom stereocenters. The maximum absolute atomic E-state index is 12.2. The van der Waals surface area contributed by atoms with Gasteiger partial charge in [-0.2, -0.15) is 11.8 Å². The van der Waals surface area contributed by atoms with E-state index in [0.29, 0.717) is 19.4 Å². The van der Waals surface area contributed by atoms with Crippen molar-refractivity contribution >= 4 is 23.6 Å². The van der Waals surface area contributed by atoms with Crippen molar-refractivity contribution in [3.63, 3.8) is 0 Å². The van der Waals surface area contributed by atoms with Crippen molar-refractivity contribution in [3.05, 3.63) is 12.2 Å². The molecule has 142 valence electrons. The van der Waals surface area contributed by atoms with Crippen molar-refractivity contribution in [3.8, 4) is 0 Å². The lowest BCUT2D eigenvalue weighted by molar-refractivity contribution is -0.137. The zero-order valence-corrected chi connectivity index (χ0v) is 15.8. The third-order valence-electron chi connectivity index (χ3n) is 4.89. The van der Waals surface area contributed by atoms with Gasteiger partial charge < -0.3 is 15.1 Å². The summed E-state index contributed by atoms with van der Waals surface area (Å²) in [6, 6.07) is 0.0939. The molecule has 0 unspecified atom stereocenters. The van der Waals surface area contributed by atoms with Gasteiger partial charge in [0, 0.05) is 25.1 Å². The molecule has 5 nitrogen and oxygen atoms in total. The van der Waals surface area contributed by atoms with Gasteiger partial charge in [0.2, 0.25) is 5.91 Å². The minimum Gasteiger partial charge on any atom is -0.481 e. The number of amides is 1. The Kier molecular flexibility index (Phi) is 8.82. The van der Waals surface area contributed by atoms with E-state index >= 15 is 0 Å². The Hall–Kier alpha value is -1.01. The van der Waals surface area contributed by atoms with Crippen LogP contribution in [0.3, 0.4) is 0 Å². The van der Waals surface area contributed by atoms with Crippen LogP contribution in [0.2, 0.25) is 0 Å². The van der Waals surface area contributed by atoms with Crippen molar-refractivity contribution in [1.29, 1.82) is 0 Å². The van der Waals surface area contributed by atoms with E-state index in [1.54, 1.807) is 11.8 Å². The van der Waals surface area contributed by atoms with E-state index in [4.69, 9.17) is 5.11 Å². The van der Waals surface area contributed by atoms with E-state index in [2.05, 4.69) is 0 Å². The van der Waals surface area contributed by atoms with Crippen LogP contribution >= 0.6 is 11.8 Å². The molecular formula is C19H31NO4S. The van der Waals surface area contributed by atoms with Gasteiger partial charge in [-0.25, -0.2) is 0 Å². The van der Waals surface area contributed by atoms with Crippen LogP contribution in [-0.4, -0.2) is 57.2 Å². The van der Waals surface area contributed by atoms with E-state index in [1.807, 2.05) is 17.1 Å². The van der Waals surface area contributed by atoms with Crippen LogP contribution in [0.25, 0.3) is 0 Å². The molecule has 1 heterocycles. The fourth-order valence-corrected chi connectivity index (χ4v) is 4.07. The van der Waals surface area contributed by atoms with E-state index in [0.717, 1.165) is 43.1 Å². The number of aliphatic carboxylic acids is 1. The maximum Gasteiger partial charge on any atom is 0.303 e. The minimum absolute atomic E-state index is 0.0939. The minimum atomic E-state index is -0.753. The Bertz CT molecular complexity index is 464. The summed E-state index contributed by atoms with van der Waals surface area (Å²) < 4.78 is 0. The standard InChI is InChI=1S/C19H31NO4S/c21-17(10-8-15-6-7-15)11-9-16-3-1-4-18(22)20(16)12-14-25-13-2-5-19(23)24/h9,11,15-17,21H,1-8,10,12-14H2,(H,23,24)/b11-9+/t16-,17+/m1/s1. The van der Waals surface area contributed by atoms with Crippen molar-refractivity contribution in [2.24, 2.45) is 5.92 Å². The molecule has 2 N–H and O–H groups in total. The predicted molar refractivity (Wildman–Crippen MR) is 101 cm³/mol. The number of carbonyl (C=O) groups is 2. The van der Waals surface area contributed by atoms with E-state index in [-0.39, 0.29) is 18.4 Å². The highest BCUT2D eigenvalue weighted by molar-refractivity contribution is 7.99. The zero-order valence-electron chi connectivity index (χ0n) is 14.9. The number of carboxylic acid groups (broad SMARTS) is 1. The number of thioether (sulfide) groups is 1. The topological polar surface area (TPSA) is 77.8 Å². The first kappa shape index (κ1) is 20.3. The number of piperidine rings is 1.